The lowest BCUT2D eigenvalue weighted by Crippen LogP contribution is -2.32. The summed E-state index contributed by atoms with van der Waals surface area (Å²) in [4.78, 5) is 44.5. The molecule has 0 aliphatic carbocycles. The van der Waals surface area contributed by atoms with Crippen LogP contribution in [0.25, 0.3) is 10.8 Å². The summed E-state index contributed by atoms with van der Waals surface area (Å²) >= 11 is 2.89. The van der Waals surface area contributed by atoms with Crippen molar-refractivity contribution in [1.29, 1.82) is 0 Å². The van der Waals surface area contributed by atoms with Gasteiger partial charge in [-0.25, -0.2) is 14.7 Å². The Bertz CT molecular complexity index is 931. The summed E-state index contributed by atoms with van der Waals surface area (Å²) in [6, 6.07) is 6.73. The maximum absolute atomic E-state index is 12.5. The van der Waals surface area contributed by atoms with Crippen molar-refractivity contribution in [3.8, 4) is 10.8 Å². The number of urea groups is 1. The minimum Gasteiger partial charge on any atom is -0.443 e. The molecule has 0 N–H and O–H groups in total. The van der Waals surface area contributed by atoms with Gasteiger partial charge < -0.3 is 4.42 Å². The van der Waals surface area contributed by atoms with E-state index in [0.29, 0.717) is 11.6 Å². The van der Waals surface area contributed by atoms with Gasteiger partial charge in [0.25, 0.3) is 0 Å². The van der Waals surface area contributed by atoms with Crippen molar-refractivity contribution >= 4 is 40.5 Å². The molecule has 9 heteroatoms. The SMILES string of the molecule is O=C1C(=O)N(Cc2cccs2)C(=O)N1Cc1coc(-c2cccs2)n1. The van der Waals surface area contributed by atoms with E-state index in [0.717, 1.165) is 19.6 Å². The number of carbonyl (C=O) groups excluding carboxylic acids is 3. The highest BCUT2D eigenvalue weighted by Gasteiger charge is 2.44. The molecular weight excluding hydrogens is 362 g/mol. The maximum atomic E-state index is 12.5. The van der Waals surface area contributed by atoms with Crippen molar-refractivity contribution in [1.82, 2.24) is 14.8 Å². The molecule has 4 rings (SSSR count). The van der Waals surface area contributed by atoms with Crippen LogP contribution in [-0.4, -0.2) is 32.6 Å². The average molecular weight is 373 g/mol. The molecular formula is C16H11N3O4S2. The van der Waals surface area contributed by atoms with E-state index in [1.54, 1.807) is 0 Å². The van der Waals surface area contributed by atoms with Gasteiger partial charge in [-0.05, 0) is 22.9 Å². The Morgan fingerprint density at radius 2 is 1.68 bits per heavy atom. The molecule has 25 heavy (non-hydrogen) atoms. The van der Waals surface area contributed by atoms with Gasteiger partial charge in [0.1, 0.15) is 6.26 Å². The van der Waals surface area contributed by atoms with Crippen LogP contribution in [-0.2, 0) is 22.7 Å². The highest BCUT2D eigenvalue weighted by Crippen LogP contribution is 2.25. The molecule has 0 aromatic carbocycles. The molecule has 0 bridgehead atoms. The predicted molar refractivity (Wildman–Crippen MR) is 90.6 cm³/mol. The van der Waals surface area contributed by atoms with Crippen LogP contribution in [0, 0.1) is 0 Å². The van der Waals surface area contributed by atoms with Gasteiger partial charge in [0.15, 0.2) is 0 Å². The van der Waals surface area contributed by atoms with Gasteiger partial charge >= 0.3 is 17.8 Å². The lowest BCUT2D eigenvalue weighted by atomic mass is 10.4. The van der Waals surface area contributed by atoms with E-state index in [-0.39, 0.29) is 13.1 Å². The molecule has 1 aliphatic heterocycles. The lowest BCUT2D eigenvalue weighted by molar-refractivity contribution is -0.143. The van der Waals surface area contributed by atoms with Crippen molar-refractivity contribution in [2.75, 3.05) is 0 Å². The third-order valence-electron chi connectivity index (χ3n) is 3.63. The summed E-state index contributed by atoms with van der Waals surface area (Å²) in [6.07, 6.45) is 1.39. The number of thiophene rings is 2. The molecule has 0 atom stereocenters. The Morgan fingerprint density at radius 1 is 0.960 bits per heavy atom. The largest absolute Gasteiger partial charge is 0.443 e. The van der Waals surface area contributed by atoms with Crippen LogP contribution in [0.4, 0.5) is 4.79 Å². The van der Waals surface area contributed by atoms with Crippen molar-refractivity contribution in [2.24, 2.45) is 0 Å². The van der Waals surface area contributed by atoms with E-state index < -0.39 is 17.8 Å². The molecule has 3 aromatic rings. The molecule has 0 saturated carbocycles. The van der Waals surface area contributed by atoms with Gasteiger partial charge in [-0.2, -0.15) is 0 Å². The smallest absolute Gasteiger partial charge is 0.334 e. The minimum atomic E-state index is -0.845. The summed E-state index contributed by atoms with van der Waals surface area (Å²) in [5, 5.41) is 3.75. The molecule has 0 unspecified atom stereocenters. The Morgan fingerprint density at radius 3 is 2.36 bits per heavy atom. The van der Waals surface area contributed by atoms with Crippen LogP contribution in [0.5, 0.6) is 0 Å². The fourth-order valence-corrected chi connectivity index (χ4v) is 3.79. The quantitative estimate of drug-likeness (QED) is 0.507. The van der Waals surface area contributed by atoms with Crippen LogP contribution in [0.1, 0.15) is 10.6 Å². The predicted octanol–water partition coefficient (Wildman–Crippen LogP) is 2.96. The molecule has 4 amide bonds. The number of rotatable bonds is 5. The molecule has 1 aliphatic rings. The zero-order valence-corrected chi connectivity index (χ0v) is 14.4. The van der Waals surface area contributed by atoms with E-state index in [9.17, 15) is 14.4 Å². The Kier molecular flexibility index (Phi) is 3.94. The first-order valence-corrected chi connectivity index (χ1v) is 9.07. The second-order valence-corrected chi connectivity index (χ2v) is 7.25. The van der Waals surface area contributed by atoms with Gasteiger partial charge in [-0.1, -0.05) is 12.1 Å². The van der Waals surface area contributed by atoms with E-state index in [1.807, 2.05) is 35.0 Å². The lowest BCUT2D eigenvalue weighted by Gasteiger charge is -2.13. The third kappa shape index (κ3) is 2.87. The van der Waals surface area contributed by atoms with Crippen LogP contribution in [0.2, 0.25) is 0 Å². The summed E-state index contributed by atoms with van der Waals surface area (Å²) in [7, 11) is 0. The van der Waals surface area contributed by atoms with Gasteiger partial charge in [-0.15, -0.1) is 22.7 Å². The van der Waals surface area contributed by atoms with E-state index in [2.05, 4.69) is 4.98 Å². The topological polar surface area (TPSA) is 83.7 Å². The second-order valence-electron chi connectivity index (χ2n) is 5.27. The van der Waals surface area contributed by atoms with Crippen LogP contribution in [0.3, 0.4) is 0 Å². The van der Waals surface area contributed by atoms with Gasteiger partial charge in [0.2, 0.25) is 5.89 Å². The molecule has 1 saturated heterocycles. The van der Waals surface area contributed by atoms with Gasteiger partial charge in [-0.3, -0.25) is 14.5 Å². The minimum absolute atomic E-state index is 0.0941. The summed E-state index contributed by atoms with van der Waals surface area (Å²) in [5.74, 6) is -1.24. The molecule has 7 nitrogen and oxygen atoms in total. The van der Waals surface area contributed by atoms with Gasteiger partial charge in [0.05, 0.1) is 23.7 Å². The van der Waals surface area contributed by atoms with Crippen LogP contribution >= 0.6 is 22.7 Å². The van der Waals surface area contributed by atoms with Crippen molar-refractivity contribution < 1.29 is 18.8 Å². The third-order valence-corrected chi connectivity index (χ3v) is 5.35. The monoisotopic (exact) mass is 373 g/mol. The molecule has 1 fully saturated rings. The first kappa shape index (κ1) is 15.7. The maximum Gasteiger partial charge on any atom is 0.334 e. The summed E-state index contributed by atoms with van der Waals surface area (Å²) in [5.41, 5.74) is 0.413. The fourth-order valence-electron chi connectivity index (χ4n) is 2.44. The molecule has 0 radical (unpaired) electrons. The first-order valence-electron chi connectivity index (χ1n) is 7.31. The highest BCUT2D eigenvalue weighted by molar-refractivity contribution is 7.13. The molecule has 4 heterocycles. The number of imide groups is 2. The Balaban J connectivity index is 1.51. The number of oxazole rings is 1. The summed E-state index contributed by atoms with van der Waals surface area (Å²) in [6.45, 7) is -0.00391. The normalized spacial score (nSPS) is 14.8. The number of nitrogens with zero attached hydrogens (tertiary/aromatic N) is 3. The number of hydrogen-bond acceptors (Lipinski definition) is 7. The molecule has 3 aromatic heterocycles. The van der Waals surface area contributed by atoms with E-state index in [4.69, 9.17) is 4.42 Å². The van der Waals surface area contributed by atoms with Crippen LogP contribution in [0.15, 0.2) is 45.7 Å². The van der Waals surface area contributed by atoms with Crippen molar-refractivity contribution in [3.05, 3.63) is 51.9 Å². The molecule has 126 valence electrons. The summed E-state index contributed by atoms with van der Waals surface area (Å²) < 4.78 is 5.38. The zero-order valence-electron chi connectivity index (χ0n) is 12.7. The zero-order chi connectivity index (χ0) is 17.4. The van der Waals surface area contributed by atoms with E-state index in [1.165, 1.54) is 28.9 Å². The molecule has 0 spiro atoms. The van der Waals surface area contributed by atoms with Crippen LogP contribution < -0.4 is 0 Å². The number of amides is 4. The number of aromatic nitrogens is 1. The highest BCUT2D eigenvalue weighted by atomic mass is 32.1. The van der Waals surface area contributed by atoms with Gasteiger partial charge in [0, 0.05) is 4.88 Å². The first-order chi connectivity index (χ1) is 12.1. The Labute approximate surface area is 150 Å². The van der Waals surface area contributed by atoms with Crippen molar-refractivity contribution in [2.45, 2.75) is 13.1 Å². The standard InChI is InChI=1S/C16H11N3O4S2/c20-14-15(21)19(8-11-3-1-5-24-11)16(22)18(14)7-10-9-23-13(17-10)12-4-2-6-25-12/h1-6,9H,7-8H2. The van der Waals surface area contributed by atoms with Crippen molar-refractivity contribution in [3.63, 3.8) is 0 Å². The van der Waals surface area contributed by atoms with E-state index >= 15 is 0 Å². The number of hydrogen-bond donors (Lipinski definition) is 0. The number of carbonyl (C=O) groups is 3. The average Bonchev–Trinajstić information content (AvgIpc) is 3.38. The Hall–Kier alpha value is -2.78. The second kappa shape index (κ2) is 6.26. The fraction of sp³-hybridized carbons (Fsp3) is 0.125.